The van der Waals surface area contributed by atoms with E-state index in [1.807, 2.05) is 18.2 Å². The van der Waals surface area contributed by atoms with E-state index in [0.717, 1.165) is 62.0 Å². The number of nitrogens with two attached hydrogens (primary N) is 1. The minimum absolute atomic E-state index is 0.764. The quantitative estimate of drug-likeness (QED) is 0.838. The number of benzene rings is 1. The van der Waals surface area contributed by atoms with Crippen LogP contribution in [0, 0.1) is 0 Å². The molecule has 0 aliphatic carbocycles. The van der Waals surface area contributed by atoms with Gasteiger partial charge in [-0.2, -0.15) is 0 Å². The van der Waals surface area contributed by atoms with Gasteiger partial charge in [-0.25, -0.2) is 0 Å². The molecule has 0 amide bonds. The molecular weight excluding hydrogens is 236 g/mol. The van der Waals surface area contributed by atoms with E-state index >= 15 is 0 Å². The van der Waals surface area contributed by atoms with Crippen LogP contribution in [0.15, 0.2) is 18.2 Å². The Labute approximate surface area is 107 Å². The van der Waals surface area contributed by atoms with Gasteiger partial charge in [-0.05, 0) is 43.1 Å². The third-order valence-corrected chi connectivity index (χ3v) is 3.36. The molecule has 0 aromatic heterocycles. The largest absolute Gasteiger partial charge is 0.399 e. The molecule has 1 fully saturated rings. The Morgan fingerprint density at radius 3 is 2.82 bits per heavy atom. The van der Waals surface area contributed by atoms with Gasteiger partial charge < -0.3 is 10.5 Å². The van der Waals surface area contributed by atoms with E-state index in [9.17, 15) is 0 Å². The van der Waals surface area contributed by atoms with Gasteiger partial charge in [-0.1, -0.05) is 11.6 Å². The van der Waals surface area contributed by atoms with E-state index in [4.69, 9.17) is 22.1 Å². The summed E-state index contributed by atoms with van der Waals surface area (Å²) < 4.78 is 5.32. The van der Waals surface area contributed by atoms with Crippen molar-refractivity contribution in [3.63, 3.8) is 0 Å². The molecule has 2 rings (SSSR count). The van der Waals surface area contributed by atoms with E-state index in [2.05, 4.69) is 4.90 Å². The Hall–Kier alpha value is -0.770. The maximum absolute atomic E-state index is 5.96. The van der Waals surface area contributed by atoms with Crippen molar-refractivity contribution >= 4 is 17.3 Å². The van der Waals surface area contributed by atoms with Crippen LogP contribution in [0.1, 0.15) is 12.0 Å². The first-order valence-corrected chi connectivity index (χ1v) is 6.47. The maximum atomic E-state index is 5.96. The smallest absolute Gasteiger partial charge is 0.0594 e. The van der Waals surface area contributed by atoms with Gasteiger partial charge in [0, 0.05) is 23.8 Å². The van der Waals surface area contributed by atoms with Crippen LogP contribution in [0.4, 0.5) is 5.69 Å². The summed E-state index contributed by atoms with van der Waals surface area (Å²) in [4.78, 5) is 2.43. The molecule has 1 aliphatic rings. The number of hydrogen-bond acceptors (Lipinski definition) is 3. The summed E-state index contributed by atoms with van der Waals surface area (Å²) in [5, 5.41) is 0.764. The molecule has 0 spiro atoms. The van der Waals surface area contributed by atoms with Crippen molar-refractivity contribution in [1.82, 2.24) is 4.90 Å². The summed E-state index contributed by atoms with van der Waals surface area (Å²) in [6.07, 6.45) is 2.11. The van der Waals surface area contributed by atoms with Crippen LogP contribution in [-0.2, 0) is 11.2 Å². The highest BCUT2D eigenvalue weighted by Crippen LogP contribution is 2.19. The lowest BCUT2D eigenvalue weighted by Crippen LogP contribution is -2.36. The number of halogens is 1. The van der Waals surface area contributed by atoms with Crippen LogP contribution in [0.5, 0.6) is 0 Å². The average molecular weight is 255 g/mol. The van der Waals surface area contributed by atoms with Crippen LogP contribution in [0.2, 0.25) is 5.02 Å². The van der Waals surface area contributed by atoms with Crippen LogP contribution in [0.3, 0.4) is 0 Å². The van der Waals surface area contributed by atoms with Crippen molar-refractivity contribution in [3.05, 3.63) is 28.8 Å². The zero-order chi connectivity index (χ0) is 12.1. The van der Waals surface area contributed by atoms with Gasteiger partial charge in [-0.3, -0.25) is 4.90 Å². The van der Waals surface area contributed by atoms with Crippen molar-refractivity contribution in [2.24, 2.45) is 0 Å². The van der Waals surface area contributed by atoms with Crippen LogP contribution < -0.4 is 5.73 Å². The van der Waals surface area contributed by atoms with E-state index in [0.29, 0.717) is 0 Å². The Morgan fingerprint density at radius 1 is 1.29 bits per heavy atom. The normalized spacial score (nSPS) is 17.2. The first-order valence-electron chi connectivity index (χ1n) is 6.10. The van der Waals surface area contributed by atoms with E-state index in [1.54, 1.807) is 0 Å². The lowest BCUT2D eigenvalue weighted by Gasteiger charge is -2.26. The van der Waals surface area contributed by atoms with Crippen LogP contribution in [-0.4, -0.2) is 37.7 Å². The fraction of sp³-hybridized carbons (Fsp3) is 0.538. The predicted molar refractivity (Wildman–Crippen MR) is 71.4 cm³/mol. The second-order valence-electron chi connectivity index (χ2n) is 4.40. The first-order chi connectivity index (χ1) is 8.25. The Morgan fingerprint density at radius 2 is 2.06 bits per heavy atom. The number of anilines is 1. The van der Waals surface area contributed by atoms with Gasteiger partial charge in [-0.15, -0.1) is 0 Å². The fourth-order valence-corrected chi connectivity index (χ4v) is 2.30. The minimum atomic E-state index is 0.764. The van der Waals surface area contributed by atoms with E-state index in [1.165, 1.54) is 0 Å². The molecule has 1 aliphatic heterocycles. The first kappa shape index (κ1) is 12.7. The molecule has 0 saturated carbocycles. The van der Waals surface area contributed by atoms with Gasteiger partial charge in [0.05, 0.1) is 13.2 Å². The Balaban J connectivity index is 1.79. The Kier molecular flexibility index (Phi) is 4.66. The molecule has 17 heavy (non-hydrogen) atoms. The summed E-state index contributed by atoms with van der Waals surface area (Å²) >= 11 is 5.96. The Bertz CT molecular complexity index is 364. The number of ether oxygens (including phenoxy) is 1. The summed E-state index contributed by atoms with van der Waals surface area (Å²) in [5.74, 6) is 0. The third-order valence-electron chi connectivity index (χ3n) is 3.13. The standard InChI is InChI=1S/C13H19ClN2O/c14-12-3-4-13(15)11(10-12)2-1-5-16-6-8-17-9-7-16/h3-4,10H,1-2,5-9,15H2. The fourth-order valence-electron chi connectivity index (χ4n) is 2.11. The number of nitrogens with zero attached hydrogens (tertiary/aromatic N) is 1. The van der Waals surface area contributed by atoms with Crippen LogP contribution in [0.25, 0.3) is 0 Å². The van der Waals surface area contributed by atoms with Gasteiger partial charge in [0.15, 0.2) is 0 Å². The molecule has 94 valence electrons. The van der Waals surface area contributed by atoms with Gasteiger partial charge in [0.2, 0.25) is 0 Å². The molecule has 0 bridgehead atoms. The molecule has 1 aromatic rings. The summed E-state index contributed by atoms with van der Waals surface area (Å²) in [6, 6.07) is 5.69. The molecule has 1 heterocycles. The molecule has 4 heteroatoms. The lowest BCUT2D eigenvalue weighted by molar-refractivity contribution is 0.0375. The van der Waals surface area contributed by atoms with E-state index in [-0.39, 0.29) is 0 Å². The number of morpholine rings is 1. The average Bonchev–Trinajstić information content (AvgIpc) is 2.35. The van der Waals surface area contributed by atoms with Gasteiger partial charge in [0.25, 0.3) is 0 Å². The molecule has 3 nitrogen and oxygen atoms in total. The summed E-state index contributed by atoms with van der Waals surface area (Å²) in [7, 11) is 0. The number of rotatable bonds is 4. The maximum Gasteiger partial charge on any atom is 0.0594 e. The van der Waals surface area contributed by atoms with Crippen LogP contribution >= 0.6 is 11.6 Å². The van der Waals surface area contributed by atoms with Crippen molar-refractivity contribution in [2.75, 3.05) is 38.6 Å². The highest BCUT2D eigenvalue weighted by molar-refractivity contribution is 6.30. The van der Waals surface area contributed by atoms with Gasteiger partial charge in [0.1, 0.15) is 0 Å². The second kappa shape index (κ2) is 6.24. The minimum Gasteiger partial charge on any atom is -0.399 e. The molecular formula is C13H19ClN2O. The van der Waals surface area contributed by atoms with E-state index < -0.39 is 0 Å². The highest BCUT2D eigenvalue weighted by atomic mass is 35.5. The van der Waals surface area contributed by atoms with Crippen molar-refractivity contribution in [2.45, 2.75) is 12.8 Å². The molecule has 1 aromatic carbocycles. The lowest BCUT2D eigenvalue weighted by atomic mass is 10.1. The van der Waals surface area contributed by atoms with Crippen molar-refractivity contribution in [1.29, 1.82) is 0 Å². The monoisotopic (exact) mass is 254 g/mol. The molecule has 0 unspecified atom stereocenters. The molecule has 2 N–H and O–H groups in total. The zero-order valence-electron chi connectivity index (χ0n) is 9.99. The number of aryl methyl sites for hydroxylation is 1. The zero-order valence-corrected chi connectivity index (χ0v) is 10.7. The predicted octanol–water partition coefficient (Wildman–Crippen LogP) is 2.19. The molecule has 1 saturated heterocycles. The molecule has 0 radical (unpaired) electrons. The third kappa shape index (κ3) is 3.87. The van der Waals surface area contributed by atoms with Crippen molar-refractivity contribution in [3.8, 4) is 0 Å². The highest BCUT2D eigenvalue weighted by Gasteiger charge is 2.09. The SMILES string of the molecule is Nc1ccc(Cl)cc1CCCN1CCOCC1. The molecule has 0 atom stereocenters. The summed E-state index contributed by atoms with van der Waals surface area (Å²) in [5.41, 5.74) is 7.92. The summed E-state index contributed by atoms with van der Waals surface area (Å²) in [6.45, 7) is 4.92. The number of hydrogen-bond donors (Lipinski definition) is 1. The second-order valence-corrected chi connectivity index (χ2v) is 4.84. The van der Waals surface area contributed by atoms with Gasteiger partial charge >= 0.3 is 0 Å². The topological polar surface area (TPSA) is 38.5 Å². The number of nitrogen functional groups attached to an aromatic ring is 1. The van der Waals surface area contributed by atoms with Crippen molar-refractivity contribution < 1.29 is 4.74 Å².